The van der Waals surface area contributed by atoms with Crippen molar-refractivity contribution in [3.63, 3.8) is 0 Å². The minimum atomic E-state index is -0.319. The number of carbonyl (C=O) groups excluding carboxylic acids is 1. The van der Waals surface area contributed by atoms with Crippen LogP contribution in [0.5, 0.6) is 0 Å². The first-order chi connectivity index (χ1) is 5.79. The van der Waals surface area contributed by atoms with Crippen molar-refractivity contribution in [3.05, 3.63) is 28.3 Å². The van der Waals surface area contributed by atoms with Crippen molar-refractivity contribution in [3.8, 4) is 0 Å². The quantitative estimate of drug-likeness (QED) is 0.583. The van der Waals surface area contributed by atoms with E-state index in [9.17, 15) is 9.59 Å². The van der Waals surface area contributed by atoms with Gasteiger partial charge < -0.3 is 4.98 Å². The molecule has 0 bridgehead atoms. The first-order valence-electron chi connectivity index (χ1n) is 3.33. The van der Waals surface area contributed by atoms with Crippen molar-refractivity contribution in [1.29, 1.82) is 0 Å². The molecule has 0 radical (unpaired) electrons. The molecule has 2 heterocycles. The van der Waals surface area contributed by atoms with Crippen LogP contribution in [0.2, 0.25) is 0 Å². The molecular weight excluding hydrogens is 158 g/mol. The zero-order valence-electron chi connectivity index (χ0n) is 6.00. The summed E-state index contributed by atoms with van der Waals surface area (Å²) in [5.74, 6) is 0. The number of H-pyrrole nitrogens is 2. The molecular formula is C7H5N3O2. The van der Waals surface area contributed by atoms with Gasteiger partial charge in [0.05, 0.1) is 5.52 Å². The van der Waals surface area contributed by atoms with Crippen molar-refractivity contribution in [1.82, 2.24) is 15.0 Å². The summed E-state index contributed by atoms with van der Waals surface area (Å²) in [7, 11) is 0. The molecule has 5 heteroatoms. The molecule has 0 aliphatic heterocycles. The summed E-state index contributed by atoms with van der Waals surface area (Å²) < 4.78 is 0. The smallest absolute Gasteiger partial charge is 0.304 e. The number of pyridine rings is 1. The van der Waals surface area contributed by atoms with Crippen LogP contribution in [0.4, 0.5) is 0 Å². The fourth-order valence-corrected chi connectivity index (χ4v) is 1.00. The maximum atomic E-state index is 10.7. The highest BCUT2D eigenvalue weighted by molar-refractivity contribution is 5.81. The summed E-state index contributed by atoms with van der Waals surface area (Å²) in [6.07, 6.45) is 2.08. The monoisotopic (exact) mass is 163 g/mol. The topological polar surface area (TPSA) is 78.6 Å². The second-order valence-electron chi connectivity index (χ2n) is 2.36. The SMILES string of the molecule is O=Cc1cnc2[nH]c(=O)[nH]c2c1. The molecule has 0 aliphatic rings. The van der Waals surface area contributed by atoms with Crippen molar-refractivity contribution in [2.24, 2.45) is 0 Å². The Morgan fingerprint density at radius 1 is 1.42 bits per heavy atom. The van der Waals surface area contributed by atoms with E-state index >= 15 is 0 Å². The summed E-state index contributed by atoms with van der Waals surface area (Å²) in [5.41, 5.74) is 1.13. The molecule has 2 aromatic rings. The minimum Gasteiger partial charge on any atom is -0.304 e. The van der Waals surface area contributed by atoms with Gasteiger partial charge in [0.25, 0.3) is 0 Å². The summed E-state index contributed by atoms with van der Waals surface area (Å²) in [6.45, 7) is 0. The van der Waals surface area contributed by atoms with E-state index in [1.807, 2.05) is 0 Å². The average molecular weight is 163 g/mol. The van der Waals surface area contributed by atoms with E-state index in [0.29, 0.717) is 23.0 Å². The molecule has 0 aliphatic carbocycles. The number of hydrogen-bond acceptors (Lipinski definition) is 3. The summed E-state index contributed by atoms with van der Waals surface area (Å²) >= 11 is 0. The molecule has 0 saturated heterocycles. The van der Waals surface area contributed by atoms with Crippen LogP contribution in [0.15, 0.2) is 17.1 Å². The molecule has 0 spiro atoms. The third kappa shape index (κ3) is 0.914. The number of aromatic amines is 2. The van der Waals surface area contributed by atoms with Crippen molar-refractivity contribution < 1.29 is 4.79 Å². The van der Waals surface area contributed by atoms with Crippen LogP contribution >= 0.6 is 0 Å². The van der Waals surface area contributed by atoms with Gasteiger partial charge in [-0.1, -0.05) is 0 Å². The van der Waals surface area contributed by atoms with E-state index in [1.165, 1.54) is 6.20 Å². The van der Waals surface area contributed by atoms with E-state index in [0.717, 1.165) is 0 Å². The number of aromatic nitrogens is 3. The van der Waals surface area contributed by atoms with E-state index in [4.69, 9.17) is 0 Å². The van der Waals surface area contributed by atoms with Crippen molar-refractivity contribution in [2.45, 2.75) is 0 Å². The fraction of sp³-hybridized carbons (Fsp3) is 0. The van der Waals surface area contributed by atoms with E-state index in [1.54, 1.807) is 6.07 Å². The Hall–Kier alpha value is -1.91. The zero-order valence-corrected chi connectivity index (χ0v) is 6.00. The molecule has 0 atom stereocenters. The van der Waals surface area contributed by atoms with Gasteiger partial charge in [-0.15, -0.1) is 0 Å². The number of aldehydes is 1. The lowest BCUT2D eigenvalue weighted by atomic mass is 10.3. The first kappa shape index (κ1) is 6.78. The Morgan fingerprint density at radius 3 is 3.00 bits per heavy atom. The highest BCUT2D eigenvalue weighted by Gasteiger charge is 1.99. The number of rotatable bonds is 1. The number of nitrogens with one attached hydrogen (secondary N) is 2. The van der Waals surface area contributed by atoms with Crippen LogP contribution in [0.1, 0.15) is 10.4 Å². The second kappa shape index (κ2) is 2.30. The van der Waals surface area contributed by atoms with Crippen LogP contribution in [0, 0.1) is 0 Å². The largest absolute Gasteiger partial charge is 0.325 e. The second-order valence-corrected chi connectivity index (χ2v) is 2.36. The standard InChI is InChI=1S/C7H5N3O2/c11-3-4-1-5-6(8-2-4)10-7(12)9-5/h1-3H,(H2,8,9,10,12). The van der Waals surface area contributed by atoms with Crippen molar-refractivity contribution >= 4 is 17.5 Å². The molecule has 0 amide bonds. The molecule has 0 fully saturated rings. The highest BCUT2D eigenvalue weighted by atomic mass is 16.1. The number of imidazole rings is 1. The van der Waals surface area contributed by atoms with Gasteiger partial charge in [0.15, 0.2) is 11.9 Å². The molecule has 0 saturated carbocycles. The molecule has 2 rings (SSSR count). The van der Waals surface area contributed by atoms with Gasteiger partial charge in [-0.2, -0.15) is 0 Å². The number of nitrogens with zero attached hydrogens (tertiary/aromatic N) is 1. The Morgan fingerprint density at radius 2 is 2.25 bits per heavy atom. The Kier molecular flexibility index (Phi) is 1.30. The Bertz CT molecular complexity index is 483. The summed E-state index contributed by atoms with van der Waals surface area (Å²) in [6, 6.07) is 1.56. The predicted molar refractivity (Wildman–Crippen MR) is 42.1 cm³/mol. The zero-order chi connectivity index (χ0) is 8.55. The predicted octanol–water partition coefficient (Wildman–Crippen LogP) is 0.0637. The molecule has 5 nitrogen and oxygen atoms in total. The van der Waals surface area contributed by atoms with Crippen LogP contribution in [-0.2, 0) is 0 Å². The molecule has 0 aromatic carbocycles. The van der Waals surface area contributed by atoms with E-state index < -0.39 is 0 Å². The number of hydrogen-bond donors (Lipinski definition) is 2. The normalized spacial score (nSPS) is 10.3. The first-order valence-corrected chi connectivity index (χ1v) is 3.33. The molecule has 2 N–H and O–H groups in total. The highest BCUT2D eigenvalue weighted by Crippen LogP contribution is 2.03. The summed E-state index contributed by atoms with van der Waals surface area (Å²) in [5, 5.41) is 0. The van der Waals surface area contributed by atoms with Gasteiger partial charge in [-0.25, -0.2) is 9.78 Å². The molecule has 12 heavy (non-hydrogen) atoms. The summed E-state index contributed by atoms with van der Waals surface area (Å²) in [4.78, 5) is 29.9. The van der Waals surface area contributed by atoms with Gasteiger partial charge in [0, 0.05) is 11.8 Å². The maximum absolute atomic E-state index is 10.7. The van der Waals surface area contributed by atoms with E-state index in [-0.39, 0.29) is 5.69 Å². The van der Waals surface area contributed by atoms with Crippen LogP contribution in [-0.4, -0.2) is 21.2 Å². The maximum Gasteiger partial charge on any atom is 0.325 e. The van der Waals surface area contributed by atoms with Gasteiger partial charge in [-0.3, -0.25) is 9.78 Å². The fourth-order valence-electron chi connectivity index (χ4n) is 1.00. The lowest BCUT2D eigenvalue weighted by Gasteiger charge is -1.87. The molecule has 0 unspecified atom stereocenters. The molecule has 2 aromatic heterocycles. The number of carbonyl (C=O) groups is 1. The third-order valence-corrected chi connectivity index (χ3v) is 1.53. The van der Waals surface area contributed by atoms with Crippen molar-refractivity contribution in [2.75, 3.05) is 0 Å². The Balaban J connectivity index is 2.82. The lowest BCUT2D eigenvalue weighted by molar-refractivity contribution is 0.112. The van der Waals surface area contributed by atoms with Crippen LogP contribution in [0.3, 0.4) is 0 Å². The lowest BCUT2D eigenvalue weighted by Crippen LogP contribution is -1.99. The third-order valence-electron chi connectivity index (χ3n) is 1.53. The number of fused-ring (bicyclic) bond motifs is 1. The Labute approximate surface area is 66.4 Å². The minimum absolute atomic E-state index is 0.319. The van der Waals surface area contributed by atoms with Crippen LogP contribution in [0.25, 0.3) is 11.2 Å². The van der Waals surface area contributed by atoms with Crippen LogP contribution < -0.4 is 5.69 Å². The average Bonchev–Trinajstić information content (AvgIpc) is 2.43. The van der Waals surface area contributed by atoms with Gasteiger partial charge >= 0.3 is 5.69 Å². The van der Waals surface area contributed by atoms with Gasteiger partial charge in [0.2, 0.25) is 0 Å². The van der Waals surface area contributed by atoms with Gasteiger partial charge in [-0.05, 0) is 6.07 Å². The molecule has 60 valence electrons. The van der Waals surface area contributed by atoms with Gasteiger partial charge in [0.1, 0.15) is 0 Å². The van der Waals surface area contributed by atoms with E-state index in [2.05, 4.69) is 15.0 Å².